The summed E-state index contributed by atoms with van der Waals surface area (Å²) in [5, 5.41) is 9.88. The highest BCUT2D eigenvalue weighted by atomic mass is 16.5. The molecule has 0 spiro atoms. The molecule has 28 heavy (non-hydrogen) atoms. The van der Waals surface area contributed by atoms with Crippen molar-refractivity contribution in [1.29, 1.82) is 0 Å². The van der Waals surface area contributed by atoms with E-state index in [4.69, 9.17) is 4.74 Å². The number of carbonyl (C=O) groups is 1. The van der Waals surface area contributed by atoms with Crippen molar-refractivity contribution in [2.45, 2.75) is 25.8 Å². The molecule has 1 aliphatic heterocycles. The molecule has 3 heterocycles. The summed E-state index contributed by atoms with van der Waals surface area (Å²) in [6, 6.07) is 12.1. The van der Waals surface area contributed by atoms with Crippen LogP contribution in [0.2, 0.25) is 0 Å². The van der Waals surface area contributed by atoms with Gasteiger partial charge < -0.3 is 19.3 Å². The standard InChI is InChI=1S/C22H25N3O3/c26-18-14-20-21(23-15-18)19(22(27)24-10-12-28-13-11-24)16-25(20)9-5-4-8-17-6-2-1-3-7-17/h1-3,6-7,14-16,26H,4-5,8-13H2. The minimum Gasteiger partial charge on any atom is -0.506 e. The number of amides is 1. The molecule has 1 aromatic carbocycles. The van der Waals surface area contributed by atoms with E-state index in [1.165, 1.54) is 11.8 Å². The molecule has 1 amide bonds. The Bertz CT molecular complexity index is 946. The molecule has 0 radical (unpaired) electrons. The lowest BCUT2D eigenvalue weighted by atomic mass is 10.1. The van der Waals surface area contributed by atoms with Crippen molar-refractivity contribution in [2.24, 2.45) is 0 Å². The summed E-state index contributed by atoms with van der Waals surface area (Å²) in [6.07, 6.45) is 6.36. The van der Waals surface area contributed by atoms with Crippen molar-refractivity contribution in [3.05, 3.63) is 59.9 Å². The molecule has 1 saturated heterocycles. The Kier molecular flexibility index (Phi) is 5.58. The van der Waals surface area contributed by atoms with Crippen LogP contribution in [0.5, 0.6) is 5.75 Å². The zero-order chi connectivity index (χ0) is 19.3. The van der Waals surface area contributed by atoms with E-state index in [1.54, 1.807) is 6.07 Å². The van der Waals surface area contributed by atoms with Gasteiger partial charge in [0.1, 0.15) is 11.3 Å². The number of pyridine rings is 1. The number of aryl methyl sites for hydroxylation is 2. The molecule has 6 heteroatoms. The first-order chi connectivity index (χ1) is 13.7. The van der Waals surface area contributed by atoms with Crippen LogP contribution in [0.3, 0.4) is 0 Å². The number of carbonyl (C=O) groups excluding carboxylic acids is 1. The van der Waals surface area contributed by atoms with Crippen molar-refractivity contribution in [3.63, 3.8) is 0 Å². The fourth-order valence-electron chi connectivity index (χ4n) is 3.69. The van der Waals surface area contributed by atoms with Crippen LogP contribution < -0.4 is 0 Å². The fraction of sp³-hybridized carbons (Fsp3) is 0.364. The Morgan fingerprint density at radius 3 is 2.71 bits per heavy atom. The molecule has 0 bridgehead atoms. The van der Waals surface area contributed by atoms with Crippen molar-refractivity contribution in [3.8, 4) is 5.75 Å². The third kappa shape index (κ3) is 4.02. The topological polar surface area (TPSA) is 67.6 Å². The van der Waals surface area contributed by atoms with Gasteiger partial charge in [-0.3, -0.25) is 4.79 Å². The van der Waals surface area contributed by atoms with Crippen LogP contribution in [-0.2, 0) is 17.7 Å². The second-order valence-corrected chi connectivity index (χ2v) is 7.14. The van der Waals surface area contributed by atoms with E-state index in [-0.39, 0.29) is 11.7 Å². The maximum atomic E-state index is 13.0. The molecule has 0 unspecified atom stereocenters. The second kappa shape index (κ2) is 8.44. The largest absolute Gasteiger partial charge is 0.506 e. The lowest BCUT2D eigenvalue weighted by Crippen LogP contribution is -2.40. The molecular formula is C22H25N3O3. The van der Waals surface area contributed by atoms with E-state index in [2.05, 4.69) is 29.2 Å². The molecule has 6 nitrogen and oxygen atoms in total. The van der Waals surface area contributed by atoms with Gasteiger partial charge in [-0.1, -0.05) is 30.3 Å². The van der Waals surface area contributed by atoms with Gasteiger partial charge in [0.15, 0.2) is 0 Å². The minimum absolute atomic E-state index is 0.0190. The van der Waals surface area contributed by atoms with Crippen molar-refractivity contribution < 1.29 is 14.6 Å². The normalized spacial score (nSPS) is 14.5. The molecule has 146 valence electrons. The van der Waals surface area contributed by atoms with E-state index in [9.17, 15) is 9.90 Å². The first-order valence-corrected chi connectivity index (χ1v) is 9.81. The molecular weight excluding hydrogens is 354 g/mol. The SMILES string of the molecule is O=C(c1cn(CCCCc2ccccc2)c2cc(O)cnc12)N1CCOCC1. The Morgan fingerprint density at radius 2 is 1.93 bits per heavy atom. The van der Waals surface area contributed by atoms with E-state index in [0.29, 0.717) is 37.4 Å². The Morgan fingerprint density at radius 1 is 1.14 bits per heavy atom. The predicted molar refractivity (Wildman–Crippen MR) is 108 cm³/mol. The molecule has 2 aromatic heterocycles. The van der Waals surface area contributed by atoms with E-state index < -0.39 is 0 Å². The zero-order valence-corrected chi connectivity index (χ0v) is 15.9. The average molecular weight is 379 g/mol. The van der Waals surface area contributed by atoms with E-state index in [0.717, 1.165) is 31.3 Å². The third-order valence-corrected chi connectivity index (χ3v) is 5.19. The highest BCUT2D eigenvalue weighted by molar-refractivity contribution is 6.05. The summed E-state index contributed by atoms with van der Waals surface area (Å²) in [6.45, 7) is 3.11. The van der Waals surface area contributed by atoms with Crippen LogP contribution in [0, 0.1) is 0 Å². The number of aromatic nitrogens is 2. The van der Waals surface area contributed by atoms with Crippen molar-refractivity contribution in [2.75, 3.05) is 26.3 Å². The van der Waals surface area contributed by atoms with Gasteiger partial charge in [-0.15, -0.1) is 0 Å². The molecule has 1 aliphatic rings. The number of hydrogen-bond acceptors (Lipinski definition) is 4. The molecule has 0 atom stereocenters. The van der Waals surface area contributed by atoms with Crippen LogP contribution in [0.25, 0.3) is 11.0 Å². The monoisotopic (exact) mass is 379 g/mol. The summed E-state index contributed by atoms with van der Waals surface area (Å²) < 4.78 is 7.39. The number of hydrogen-bond donors (Lipinski definition) is 1. The number of morpholine rings is 1. The van der Waals surface area contributed by atoms with Gasteiger partial charge in [-0.2, -0.15) is 0 Å². The number of benzene rings is 1. The summed E-state index contributed by atoms with van der Waals surface area (Å²) in [5.74, 6) is 0.0935. The number of nitrogens with zero attached hydrogens (tertiary/aromatic N) is 3. The lowest BCUT2D eigenvalue weighted by molar-refractivity contribution is 0.0304. The maximum Gasteiger partial charge on any atom is 0.257 e. The third-order valence-electron chi connectivity index (χ3n) is 5.19. The predicted octanol–water partition coefficient (Wildman–Crippen LogP) is 3.24. The minimum atomic E-state index is -0.0190. The Balaban J connectivity index is 1.50. The summed E-state index contributed by atoms with van der Waals surface area (Å²) in [4.78, 5) is 19.1. The van der Waals surface area contributed by atoms with Crippen LogP contribution >= 0.6 is 0 Å². The molecule has 4 rings (SSSR count). The van der Waals surface area contributed by atoms with Crippen LogP contribution in [0.1, 0.15) is 28.8 Å². The van der Waals surface area contributed by atoms with Gasteiger partial charge in [-0.25, -0.2) is 4.98 Å². The van der Waals surface area contributed by atoms with Gasteiger partial charge in [-0.05, 0) is 24.8 Å². The van der Waals surface area contributed by atoms with Gasteiger partial charge in [0.05, 0.1) is 30.5 Å². The van der Waals surface area contributed by atoms with E-state index in [1.807, 2.05) is 21.7 Å². The van der Waals surface area contributed by atoms with Crippen LogP contribution in [0.4, 0.5) is 0 Å². The van der Waals surface area contributed by atoms with Gasteiger partial charge in [0.2, 0.25) is 0 Å². The van der Waals surface area contributed by atoms with Crippen LogP contribution in [0.15, 0.2) is 48.8 Å². The number of unbranched alkanes of at least 4 members (excludes halogenated alkanes) is 1. The highest BCUT2D eigenvalue weighted by Gasteiger charge is 2.23. The number of rotatable bonds is 6. The van der Waals surface area contributed by atoms with Gasteiger partial charge in [0, 0.05) is 31.9 Å². The van der Waals surface area contributed by atoms with Gasteiger partial charge >= 0.3 is 0 Å². The lowest BCUT2D eigenvalue weighted by Gasteiger charge is -2.26. The highest BCUT2D eigenvalue weighted by Crippen LogP contribution is 2.25. The summed E-state index contributed by atoms with van der Waals surface area (Å²) in [5.41, 5.74) is 3.39. The average Bonchev–Trinajstić information content (AvgIpc) is 3.10. The van der Waals surface area contributed by atoms with Crippen LogP contribution in [-0.4, -0.2) is 51.8 Å². The summed E-state index contributed by atoms with van der Waals surface area (Å²) in [7, 11) is 0. The molecule has 0 aliphatic carbocycles. The smallest absolute Gasteiger partial charge is 0.257 e. The zero-order valence-electron chi connectivity index (χ0n) is 15.9. The van der Waals surface area contributed by atoms with Crippen molar-refractivity contribution >= 4 is 16.9 Å². The Hall–Kier alpha value is -2.86. The molecule has 1 N–H and O–H groups in total. The van der Waals surface area contributed by atoms with Crippen molar-refractivity contribution in [1.82, 2.24) is 14.5 Å². The number of aromatic hydroxyl groups is 1. The molecule has 0 saturated carbocycles. The first kappa shape index (κ1) is 18.5. The summed E-state index contributed by atoms with van der Waals surface area (Å²) >= 11 is 0. The number of fused-ring (bicyclic) bond motifs is 1. The number of ether oxygens (including phenoxy) is 1. The fourth-order valence-corrected chi connectivity index (χ4v) is 3.69. The molecule has 3 aromatic rings. The first-order valence-electron chi connectivity index (χ1n) is 9.81. The Labute approximate surface area is 164 Å². The van der Waals surface area contributed by atoms with E-state index >= 15 is 0 Å². The second-order valence-electron chi connectivity index (χ2n) is 7.14. The van der Waals surface area contributed by atoms with Gasteiger partial charge in [0.25, 0.3) is 5.91 Å². The molecule has 1 fully saturated rings. The quantitative estimate of drug-likeness (QED) is 0.668. The maximum absolute atomic E-state index is 13.0.